The van der Waals surface area contributed by atoms with E-state index in [0.29, 0.717) is 10.0 Å². The second-order valence-electron chi connectivity index (χ2n) is 5.73. The standard InChI is InChI=1S/C18H15BrN4O5S/c19-13-7-4-8-15(9-13)29(26,27)20-11-14-10-16(23-28-14)18(25)22-21-17(24)12-5-2-1-3-6-12/h1-10,20H,11H2,(H,21,24)(H,22,25). The molecule has 11 heteroatoms. The monoisotopic (exact) mass is 478 g/mol. The zero-order valence-electron chi connectivity index (χ0n) is 14.8. The summed E-state index contributed by atoms with van der Waals surface area (Å²) in [5, 5.41) is 3.57. The van der Waals surface area contributed by atoms with Crippen molar-refractivity contribution in [3.05, 3.63) is 82.2 Å². The first kappa shape index (κ1) is 20.7. The minimum absolute atomic E-state index is 0.0768. The van der Waals surface area contributed by atoms with Gasteiger partial charge in [-0.25, -0.2) is 13.1 Å². The van der Waals surface area contributed by atoms with E-state index >= 15 is 0 Å². The number of sulfonamides is 1. The Morgan fingerprint density at radius 3 is 2.41 bits per heavy atom. The average molecular weight is 479 g/mol. The van der Waals surface area contributed by atoms with Crippen molar-refractivity contribution in [3.63, 3.8) is 0 Å². The fourth-order valence-electron chi connectivity index (χ4n) is 2.23. The highest BCUT2D eigenvalue weighted by Gasteiger charge is 2.18. The van der Waals surface area contributed by atoms with Crippen LogP contribution in [0.2, 0.25) is 0 Å². The van der Waals surface area contributed by atoms with Gasteiger partial charge in [0.05, 0.1) is 11.4 Å². The number of aromatic nitrogens is 1. The normalized spacial score (nSPS) is 11.1. The van der Waals surface area contributed by atoms with Crippen molar-refractivity contribution in [2.24, 2.45) is 0 Å². The first-order valence-corrected chi connectivity index (χ1v) is 10.5. The largest absolute Gasteiger partial charge is 0.359 e. The lowest BCUT2D eigenvalue weighted by molar-refractivity contribution is 0.0841. The Morgan fingerprint density at radius 1 is 0.966 bits per heavy atom. The Labute approximate surface area is 174 Å². The van der Waals surface area contributed by atoms with Crippen LogP contribution in [0.5, 0.6) is 0 Å². The first-order chi connectivity index (χ1) is 13.8. The maximum absolute atomic E-state index is 12.3. The maximum atomic E-state index is 12.3. The molecule has 0 aliphatic heterocycles. The molecule has 9 nitrogen and oxygen atoms in total. The quantitative estimate of drug-likeness (QED) is 0.464. The van der Waals surface area contributed by atoms with E-state index in [2.05, 4.69) is 36.7 Å². The molecule has 150 valence electrons. The van der Waals surface area contributed by atoms with E-state index in [1.165, 1.54) is 18.2 Å². The van der Waals surface area contributed by atoms with Gasteiger partial charge in [-0.05, 0) is 30.3 Å². The molecule has 0 saturated carbocycles. The Kier molecular flexibility index (Phi) is 6.42. The number of nitrogens with zero attached hydrogens (tertiary/aromatic N) is 1. The van der Waals surface area contributed by atoms with Gasteiger partial charge in [-0.15, -0.1) is 0 Å². The number of hydrogen-bond acceptors (Lipinski definition) is 6. The number of benzene rings is 2. The number of nitrogens with one attached hydrogen (secondary N) is 3. The van der Waals surface area contributed by atoms with Crippen LogP contribution >= 0.6 is 15.9 Å². The van der Waals surface area contributed by atoms with Crippen molar-refractivity contribution >= 4 is 37.8 Å². The van der Waals surface area contributed by atoms with Crippen molar-refractivity contribution < 1.29 is 22.5 Å². The fourth-order valence-corrected chi connectivity index (χ4v) is 3.82. The molecule has 3 rings (SSSR count). The summed E-state index contributed by atoms with van der Waals surface area (Å²) < 4.78 is 32.5. The Morgan fingerprint density at radius 2 is 1.69 bits per heavy atom. The molecule has 0 saturated heterocycles. The SMILES string of the molecule is O=C(NNC(=O)c1cc(CNS(=O)(=O)c2cccc(Br)c2)on1)c1ccccc1. The summed E-state index contributed by atoms with van der Waals surface area (Å²) in [5.74, 6) is -1.08. The summed E-state index contributed by atoms with van der Waals surface area (Å²) in [6.07, 6.45) is 0. The molecule has 0 atom stereocenters. The summed E-state index contributed by atoms with van der Waals surface area (Å²) in [5.41, 5.74) is 4.72. The smallest absolute Gasteiger partial charge is 0.291 e. The third-order valence-corrected chi connectivity index (χ3v) is 5.55. The number of hydrazine groups is 1. The van der Waals surface area contributed by atoms with E-state index in [9.17, 15) is 18.0 Å². The molecule has 2 aromatic carbocycles. The van der Waals surface area contributed by atoms with Crippen LogP contribution in [0.3, 0.4) is 0 Å². The van der Waals surface area contributed by atoms with Gasteiger partial charge in [0, 0.05) is 16.1 Å². The zero-order chi connectivity index (χ0) is 20.9. The van der Waals surface area contributed by atoms with Gasteiger partial charge in [0.25, 0.3) is 11.8 Å². The highest BCUT2D eigenvalue weighted by molar-refractivity contribution is 9.10. The molecule has 3 aromatic rings. The number of halogens is 1. The van der Waals surface area contributed by atoms with Gasteiger partial charge in [0.15, 0.2) is 11.5 Å². The third kappa shape index (κ3) is 5.50. The van der Waals surface area contributed by atoms with Crippen LogP contribution in [-0.2, 0) is 16.6 Å². The molecule has 0 fully saturated rings. The van der Waals surface area contributed by atoms with Crippen molar-refractivity contribution in [3.8, 4) is 0 Å². The summed E-state index contributed by atoms with van der Waals surface area (Å²) in [7, 11) is -3.77. The van der Waals surface area contributed by atoms with Gasteiger partial charge in [0.2, 0.25) is 10.0 Å². The van der Waals surface area contributed by atoms with Crippen molar-refractivity contribution in [1.29, 1.82) is 0 Å². The predicted octanol–water partition coefficient (Wildman–Crippen LogP) is 1.99. The van der Waals surface area contributed by atoms with Gasteiger partial charge < -0.3 is 4.52 Å². The highest BCUT2D eigenvalue weighted by Crippen LogP contribution is 2.16. The minimum atomic E-state index is -3.77. The molecule has 0 aliphatic rings. The van der Waals surface area contributed by atoms with Gasteiger partial charge in [-0.3, -0.25) is 20.4 Å². The molecular formula is C18H15BrN4O5S. The Hall–Kier alpha value is -3.02. The second kappa shape index (κ2) is 8.99. The highest BCUT2D eigenvalue weighted by atomic mass is 79.9. The van der Waals surface area contributed by atoms with Crippen LogP contribution in [0.4, 0.5) is 0 Å². The van der Waals surface area contributed by atoms with Crippen molar-refractivity contribution in [2.45, 2.75) is 11.4 Å². The molecule has 1 heterocycles. The van der Waals surface area contributed by atoms with Crippen LogP contribution in [-0.4, -0.2) is 25.4 Å². The number of amides is 2. The average Bonchev–Trinajstić information content (AvgIpc) is 3.20. The molecule has 3 N–H and O–H groups in total. The van der Waals surface area contributed by atoms with E-state index in [1.807, 2.05) is 0 Å². The van der Waals surface area contributed by atoms with Crippen LogP contribution in [0, 0.1) is 0 Å². The summed E-state index contributed by atoms with van der Waals surface area (Å²) in [4.78, 5) is 24.0. The summed E-state index contributed by atoms with van der Waals surface area (Å²) in [6, 6.07) is 15.8. The number of rotatable bonds is 6. The topological polar surface area (TPSA) is 130 Å². The minimum Gasteiger partial charge on any atom is -0.359 e. The predicted molar refractivity (Wildman–Crippen MR) is 106 cm³/mol. The third-order valence-electron chi connectivity index (χ3n) is 3.66. The van der Waals surface area contributed by atoms with E-state index < -0.39 is 21.8 Å². The molecule has 29 heavy (non-hydrogen) atoms. The van der Waals surface area contributed by atoms with Gasteiger partial charge >= 0.3 is 0 Å². The van der Waals surface area contributed by atoms with E-state index in [-0.39, 0.29) is 22.9 Å². The van der Waals surface area contributed by atoms with Crippen LogP contribution in [0.25, 0.3) is 0 Å². The lowest BCUT2D eigenvalue weighted by Crippen LogP contribution is -2.41. The van der Waals surface area contributed by atoms with Gasteiger partial charge in [-0.2, -0.15) is 0 Å². The summed E-state index contributed by atoms with van der Waals surface area (Å²) in [6.45, 7) is -0.203. The molecule has 0 unspecified atom stereocenters. The van der Waals surface area contributed by atoms with Crippen molar-refractivity contribution in [2.75, 3.05) is 0 Å². The Balaban J connectivity index is 1.56. The van der Waals surface area contributed by atoms with Crippen LogP contribution in [0.15, 0.2) is 74.6 Å². The van der Waals surface area contributed by atoms with Gasteiger partial charge in [-0.1, -0.05) is 45.4 Å². The van der Waals surface area contributed by atoms with E-state index in [0.717, 1.165) is 0 Å². The van der Waals surface area contributed by atoms with Crippen LogP contribution in [0.1, 0.15) is 26.6 Å². The Bertz CT molecular complexity index is 1130. The van der Waals surface area contributed by atoms with Crippen molar-refractivity contribution in [1.82, 2.24) is 20.7 Å². The first-order valence-electron chi connectivity index (χ1n) is 8.22. The fraction of sp³-hybridized carbons (Fsp3) is 0.0556. The zero-order valence-corrected chi connectivity index (χ0v) is 17.2. The molecule has 0 bridgehead atoms. The van der Waals surface area contributed by atoms with Gasteiger partial charge in [0.1, 0.15) is 0 Å². The summed E-state index contributed by atoms with van der Waals surface area (Å²) >= 11 is 3.21. The van der Waals surface area contributed by atoms with Crippen LogP contribution < -0.4 is 15.6 Å². The number of carbonyl (C=O) groups is 2. The lowest BCUT2D eigenvalue weighted by atomic mass is 10.2. The molecule has 1 aromatic heterocycles. The molecule has 0 radical (unpaired) electrons. The number of hydrogen-bond donors (Lipinski definition) is 3. The lowest BCUT2D eigenvalue weighted by Gasteiger charge is -2.05. The maximum Gasteiger partial charge on any atom is 0.291 e. The van der Waals surface area contributed by atoms with E-state index in [4.69, 9.17) is 4.52 Å². The molecule has 0 spiro atoms. The molecular weight excluding hydrogens is 464 g/mol. The van der Waals surface area contributed by atoms with E-state index in [1.54, 1.807) is 42.5 Å². The molecule has 2 amide bonds. The number of carbonyl (C=O) groups excluding carboxylic acids is 2. The second-order valence-corrected chi connectivity index (χ2v) is 8.42. The molecule has 0 aliphatic carbocycles.